The van der Waals surface area contributed by atoms with Gasteiger partial charge in [-0.1, -0.05) is 38.4 Å². The van der Waals surface area contributed by atoms with Crippen molar-refractivity contribution in [3.63, 3.8) is 0 Å². The number of nitrogens with zero attached hydrogens (tertiary/aromatic N) is 2. The molecule has 5 rings (SSSR count). The van der Waals surface area contributed by atoms with Gasteiger partial charge in [-0.2, -0.15) is 0 Å². The van der Waals surface area contributed by atoms with E-state index in [2.05, 4.69) is 26.9 Å². The summed E-state index contributed by atoms with van der Waals surface area (Å²) in [4.78, 5) is 60.7. The Labute approximate surface area is 303 Å². The number of hydrogen-bond acceptors (Lipinski definition) is 10. The summed E-state index contributed by atoms with van der Waals surface area (Å²) in [5.74, 6) is -1.99. The van der Waals surface area contributed by atoms with E-state index in [0.717, 1.165) is 5.39 Å². The lowest BCUT2D eigenvalue weighted by atomic mass is 9.85. The molecule has 3 N–H and O–H groups in total. The van der Waals surface area contributed by atoms with Crippen LogP contribution in [0.3, 0.4) is 0 Å². The number of amides is 4. The van der Waals surface area contributed by atoms with Crippen LogP contribution >= 0.6 is 11.6 Å². The maximum absolute atomic E-state index is 14.4. The van der Waals surface area contributed by atoms with Crippen LogP contribution in [0.4, 0.5) is 4.79 Å². The molecule has 16 heteroatoms. The molecule has 2 saturated carbocycles. The van der Waals surface area contributed by atoms with Crippen molar-refractivity contribution >= 4 is 56.2 Å². The van der Waals surface area contributed by atoms with Gasteiger partial charge in [-0.25, -0.2) is 18.2 Å². The van der Waals surface area contributed by atoms with E-state index in [-0.39, 0.29) is 25.3 Å². The second kappa shape index (κ2) is 13.8. The molecule has 3 aliphatic rings. The van der Waals surface area contributed by atoms with Crippen molar-refractivity contribution in [2.45, 2.75) is 102 Å². The van der Waals surface area contributed by atoms with Crippen LogP contribution in [0, 0.1) is 11.3 Å². The minimum Gasteiger partial charge on any atom is -0.495 e. The van der Waals surface area contributed by atoms with Crippen LogP contribution in [-0.2, 0) is 29.1 Å². The first-order chi connectivity index (χ1) is 23.7. The first-order valence-corrected chi connectivity index (χ1v) is 18.7. The number of benzene rings is 1. The SMILES string of the molecule is C=C[C@@H]1C[C@]1(NC(=O)[C@@H]1C[C@@H](Oc2nccc3cc(OC)c(Cl)cc23)CN1C(=O)[C@@H](NC(=O)OC(C)(C)C)C(C)(C)C)C(=O)NS(=O)(=O)C1CC1. The summed E-state index contributed by atoms with van der Waals surface area (Å²) >= 11 is 6.42. The van der Waals surface area contributed by atoms with Crippen molar-refractivity contribution in [1.29, 1.82) is 0 Å². The Kier molecular flexibility index (Phi) is 10.3. The van der Waals surface area contributed by atoms with Crippen molar-refractivity contribution < 1.29 is 41.8 Å². The number of rotatable bonds is 11. The van der Waals surface area contributed by atoms with E-state index in [4.69, 9.17) is 25.8 Å². The van der Waals surface area contributed by atoms with Crippen molar-refractivity contribution in [3.05, 3.63) is 42.1 Å². The van der Waals surface area contributed by atoms with Crippen LogP contribution in [0.2, 0.25) is 5.02 Å². The van der Waals surface area contributed by atoms with Crippen molar-refractivity contribution in [3.8, 4) is 11.6 Å². The van der Waals surface area contributed by atoms with Gasteiger partial charge in [0.15, 0.2) is 0 Å². The van der Waals surface area contributed by atoms with E-state index in [9.17, 15) is 27.6 Å². The number of halogens is 1. The third kappa shape index (κ3) is 8.35. The molecule has 0 bridgehead atoms. The molecule has 3 fully saturated rings. The van der Waals surface area contributed by atoms with Crippen LogP contribution in [0.5, 0.6) is 11.6 Å². The minimum absolute atomic E-state index is 0.0142. The molecular formula is C35H46ClN5O9S. The first-order valence-electron chi connectivity index (χ1n) is 16.8. The first kappa shape index (κ1) is 38.1. The molecule has 2 aromatic rings. The van der Waals surface area contributed by atoms with Crippen LogP contribution < -0.4 is 24.8 Å². The summed E-state index contributed by atoms with van der Waals surface area (Å²) in [7, 11) is -2.41. The van der Waals surface area contributed by atoms with Crippen molar-refractivity contribution in [2.75, 3.05) is 13.7 Å². The molecule has 2 aliphatic carbocycles. The van der Waals surface area contributed by atoms with E-state index in [1.807, 2.05) is 0 Å². The number of carbonyl (C=O) groups is 4. The van der Waals surface area contributed by atoms with Gasteiger partial charge in [0.2, 0.25) is 27.7 Å². The van der Waals surface area contributed by atoms with Crippen LogP contribution in [-0.4, -0.2) is 90.3 Å². The highest BCUT2D eigenvalue weighted by molar-refractivity contribution is 7.91. The lowest BCUT2D eigenvalue weighted by molar-refractivity contribution is -0.143. The van der Waals surface area contributed by atoms with Gasteiger partial charge in [0, 0.05) is 23.9 Å². The van der Waals surface area contributed by atoms with Gasteiger partial charge in [-0.3, -0.25) is 19.1 Å². The van der Waals surface area contributed by atoms with E-state index >= 15 is 0 Å². The molecule has 1 aromatic heterocycles. The number of fused-ring (bicyclic) bond motifs is 1. The number of methoxy groups -OCH3 is 1. The summed E-state index contributed by atoms with van der Waals surface area (Å²) in [6.07, 6.45) is 2.48. The van der Waals surface area contributed by atoms with E-state index in [1.165, 1.54) is 18.1 Å². The molecule has 5 atom stereocenters. The predicted octanol–water partition coefficient (Wildman–Crippen LogP) is 3.85. The number of sulfonamides is 1. The lowest BCUT2D eigenvalue weighted by Crippen LogP contribution is -2.60. The van der Waals surface area contributed by atoms with Gasteiger partial charge < -0.3 is 29.7 Å². The van der Waals surface area contributed by atoms with Gasteiger partial charge in [0.25, 0.3) is 5.91 Å². The topological polar surface area (TPSA) is 182 Å². The average molecular weight is 748 g/mol. The van der Waals surface area contributed by atoms with Gasteiger partial charge >= 0.3 is 6.09 Å². The molecule has 0 unspecified atom stereocenters. The van der Waals surface area contributed by atoms with Crippen LogP contribution in [0.1, 0.15) is 67.2 Å². The van der Waals surface area contributed by atoms with Gasteiger partial charge in [0.05, 0.1) is 23.9 Å². The number of likely N-dealkylation sites (tertiary alicyclic amines) is 1. The zero-order valence-electron chi connectivity index (χ0n) is 29.9. The third-order valence-electron chi connectivity index (χ3n) is 9.15. The van der Waals surface area contributed by atoms with E-state index in [0.29, 0.717) is 29.0 Å². The molecular weight excluding hydrogens is 702 g/mol. The zero-order valence-corrected chi connectivity index (χ0v) is 31.4. The second-order valence-electron chi connectivity index (χ2n) is 15.4. The Hall–Kier alpha value is -4.11. The van der Waals surface area contributed by atoms with Gasteiger partial charge in [-0.15, -0.1) is 6.58 Å². The highest BCUT2D eigenvalue weighted by atomic mass is 35.5. The minimum atomic E-state index is -3.91. The number of ether oxygens (including phenoxy) is 3. The van der Waals surface area contributed by atoms with Gasteiger partial charge in [-0.05, 0) is 69.0 Å². The highest BCUT2D eigenvalue weighted by Crippen LogP contribution is 2.45. The number of nitrogens with one attached hydrogen (secondary N) is 3. The smallest absolute Gasteiger partial charge is 0.408 e. The molecule has 278 valence electrons. The normalized spacial score (nSPS) is 23.9. The fourth-order valence-electron chi connectivity index (χ4n) is 6.19. The molecule has 0 spiro atoms. The summed E-state index contributed by atoms with van der Waals surface area (Å²) < 4.78 is 44.6. The fraction of sp³-hybridized carbons (Fsp3) is 0.571. The Morgan fingerprint density at radius 2 is 1.82 bits per heavy atom. The van der Waals surface area contributed by atoms with Crippen molar-refractivity contribution in [1.82, 2.24) is 25.2 Å². The van der Waals surface area contributed by atoms with E-state index < -0.39 is 79.7 Å². The highest BCUT2D eigenvalue weighted by Gasteiger charge is 2.62. The maximum Gasteiger partial charge on any atom is 0.408 e. The Morgan fingerprint density at radius 3 is 2.39 bits per heavy atom. The molecule has 14 nitrogen and oxygen atoms in total. The summed E-state index contributed by atoms with van der Waals surface area (Å²) in [6.45, 7) is 14.1. The molecule has 51 heavy (non-hydrogen) atoms. The Bertz CT molecular complexity index is 1850. The second-order valence-corrected chi connectivity index (χ2v) is 17.8. The number of hydrogen-bond donors (Lipinski definition) is 3. The lowest BCUT2D eigenvalue weighted by Gasteiger charge is -2.36. The number of alkyl carbamates (subject to hydrolysis) is 1. The molecule has 0 radical (unpaired) electrons. The van der Waals surface area contributed by atoms with E-state index in [1.54, 1.807) is 65.9 Å². The standard InChI is InChI=1S/C35H46ClN5O9S/c1-9-20-17-35(20,31(44)40-51(46,47)22-10-11-22)39-28(42)25-15-21(49-29-23-16-24(36)26(48-8)14-19(23)12-13-37-29)18-41(25)30(43)27(33(2,3)4)38-32(45)50-34(5,6)7/h9,12-14,16,20-22,25,27H,1,10-11,15,17-18H2,2-8H3,(H,38,45)(H,39,42)(H,40,44)/t20-,21-,25+,27-,35-/m1/s1. The van der Waals surface area contributed by atoms with Crippen LogP contribution in [0.25, 0.3) is 10.8 Å². The summed E-state index contributed by atoms with van der Waals surface area (Å²) in [6, 6.07) is 2.84. The predicted molar refractivity (Wildman–Crippen MR) is 190 cm³/mol. The number of aromatic nitrogens is 1. The maximum atomic E-state index is 14.4. The number of carbonyl (C=O) groups excluding carboxylic acids is 4. The quantitative estimate of drug-likeness (QED) is 0.286. The average Bonchev–Trinajstić information content (AvgIpc) is 3.95. The monoisotopic (exact) mass is 747 g/mol. The summed E-state index contributed by atoms with van der Waals surface area (Å²) in [5, 5.41) is 6.44. The molecule has 1 aromatic carbocycles. The molecule has 2 heterocycles. The Balaban J connectivity index is 1.46. The van der Waals surface area contributed by atoms with Crippen LogP contribution in [0.15, 0.2) is 37.1 Å². The molecule has 4 amide bonds. The van der Waals surface area contributed by atoms with Gasteiger partial charge in [0.1, 0.15) is 35.1 Å². The van der Waals surface area contributed by atoms with Crippen molar-refractivity contribution in [2.24, 2.45) is 11.3 Å². The number of pyridine rings is 1. The third-order valence-corrected chi connectivity index (χ3v) is 11.3. The molecule has 1 saturated heterocycles. The fourth-order valence-corrected chi connectivity index (χ4v) is 7.79. The summed E-state index contributed by atoms with van der Waals surface area (Å²) in [5.41, 5.74) is -3.24. The zero-order chi connectivity index (χ0) is 37.7. The molecule has 1 aliphatic heterocycles. The largest absolute Gasteiger partial charge is 0.495 e. The Morgan fingerprint density at radius 1 is 1.14 bits per heavy atom.